The van der Waals surface area contributed by atoms with Crippen LogP contribution < -0.4 is 10.1 Å². The molecule has 25 heavy (non-hydrogen) atoms. The van der Waals surface area contributed by atoms with Gasteiger partial charge in [-0.15, -0.1) is 0 Å². The highest BCUT2D eigenvalue weighted by Gasteiger charge is 2.72. The van der Waals surface area contributed by atoms with Crippen molar-refractivity contribution in [2.24, 2.45) is 11.3 Å². The number of rotatable bonds is 4. The van der Waals surface area contributed by atoms with Gasteiger partial charge in [0, 0.05) is 30.7 Å². The minimum atomic E-state index is -0.712. The van der Waals surface area contributed by atoms with Crippen molar-refractivity contribution in [2.45, 2.75) is 37.6 Å². The second kappa shape index (κ2) is 5.89. The summed E-state index contributed by atoms with van der Waals surface area (Å²) >= 11 is 0. The molecule has 0 unspecified atom stereocenters. The Labute approximate surface area is 146 Å². The van der Waals surface area contributed by atoms with Gasteiger partial charge in [-0.2, -0.15) is 0 Å². The first kappa shape index (κ1) is 16.2. The average molecular weight is 345 g/mol. The van der Waals surface area contributed by atoms with E-state index in [1.54, 1.807) is 13.3 Å². The Morgan fingerprint density at radius 2 is 2.08 bits per heavy atom. The first-order valence-corrected chi connectivity index (χ1v) is 8.82. The van der Waals surface area contributed by atoms with Crippen molar-refractivity contribution >= 4 is 12.0 Å². The summed E-state index contributed by atoms with van der Waals surface area (Å²) in [5.74, 6) is 0.533. The summed E-state index contributed by atoms with van der Waals surface area (Å²) in [6.45, 7) is 1.40. The molecule has 2 N–H and O–H groups in total. The predicted molar refractivity (Wildman–Crippen MR) is 89.4 cm³/mol. The fraction of sp³-hybridized carbons (Fsp3) is 0.611. The van der Waals surface area contributed by atoms with E-state index >= 15 is 0 Å². The Bertz CT molecular complexity index is 684. The molecular formula is C18H23N3O4. The van der Waals surface area contributed by atoms with Gasteiger partial charge in [0.1, 0.15) is 5.75 Å². The first-order valence-electron chi connectivity index (χ1n) is 8.82. The summed E-state index contributed by atoms with van der Waals surface area (Å²) in [6, 6.07) is 3.88. The maximum Gasteiger partial charge on any atom is 0.317 e. The lowest BCUT2D eigenvalue weighted by molar-refractivity contribution is -0.147. The quantitative estimate of drug-likeness (QED) is 0.869. The highest BCUT2D eigenvalue weighted by molar-refractivity contribution is 5.82. The van der Waals surface area contributed by atoms with Crippen molar-refractivity contribution in [3.63, 3.8) is 0 Å². The molecule has 0 spiro atoms. The maximum atomic E-state index is 12.4. The lowest BCUT2D eigenvalue weighted by atomic mass is 9.80. The second-order valence-corrected chi connectivity index (χ2v) is 7.42. The molecule has 4 rings (SSSR count). The number of carboxylic acid groups (broad SMARTS) is 1. The minimum Gasteiger partial charge on any atom is -0.495 e. The number of piperidine rings is 1. The maximum absolute atomic E-state index is 12.4. The fourth-order valence-electron chi connectivity index (χ4n) is 4.34. The molecule has 1 saturated heterocycles. The number of hydrogen-bond donors (Lipinski definition) is 2. The van der Waals surface area contributed by atoms with Gasteiger partial charge in [0.25, 0.3) is 0 Å². The van der Waals surface area contributed by atoms with E-state index in [0.29, 0.717) is 31.8 Å². The molecule has 0 aromatic carbocycles. The number of amides is 2. The van der Waals surface area contributed by atoms with Gasteiger partial charge in [0.15, 0.2) is 0 Å². The molecule has 1 aliphatic heterocycles. The number of carbonyl (C=O) groups is 2. The van der Waals surface area contributed by atoms with Gasteiger partial charge >= 0.3 is 12.0 Å². The Balaban J connectivity index is 1.26. The number of carbonyl (C=O) groups excluding carboxylic acids is 1. The lowest BCUT2D eigenvalue weighted by Crippen LogP contribution is -2.53. The van der Waals surface area contributed by atoms with Crippen LogP contribution in [0, 0.1) is 11.3 Å². The molecule has 0 bridgehead atoms. The highest BCUT2D eigenvalue weighted by Crippen LogP contribution is 2.67. The second-order valence-electron chi connectivity index (χ2n) is 7.42. The van der Waals surface area contributed by atoms with E-state index in [0.717, 1.165) is 24.3 Å². The van der Waals surface area contributed by atoms with Crippen LogP contribution in [0.3, 0.4) is 0 Å². The summed E-state index contributed by atoms with van der Waals surface area (Å²) in [5.41, 5.74) is 0.523. The van der Waals surface area contributed by atoms with Crippen LogP contribution >= 0.6 is 0 Å². The topological polar surface area (TPSA) is 91.8 Å². The summed E-state index contributed by atoms with van der Waals surface area (Å²) in [5, 5.41) is 12.2. The van der Waals surface area contributed by atoms with Crippen LogP contribution in [0.4, 0.5) is 4.79 Å². The third-order valence-corrected chi connectivity index (χ3v) is 6.13. The molecule has 0 radical (unpaired) electrons. The number of nitrogens with zero attached hydrogens (tertiary/aromatic N) is 2. The van der Waals surface area contributed by atoms with Gasteiger partial charge in [-0.25, -0.2) is 4.79 Å². The molecule has 2 aliphatic carbocycles. The Morgan fingerprint density at radius 3 is 2.60 bits per heavy atom. The Hall–Kier alpha value is -2.31. The van der Waals surface area contributed by atoms with Gasteiger partial charge in [-0.1, -0.05) is 0 Å². The highest BCUT2D eigenvalue weighted by atomic mass is 16.5. The van der Waals surface area contributed by atoms with Crippen molar-refractivity contribution in [1.29, 1.82) is 0 Å². The molecule has 1 aromatic heterocycles. The van der Waals surface area contributed by atoms with E-state index in [1.807, 2.05) is 17.0 Å². The number of methoxy groups -OCH3 is 1. The molecule has 3 atom stereocenters. The number of aromatic nitrogens is 1. The van der Waals surface area contributed by atoms with E-state index in [1.165, 1.54) is 0 Å². The van der Waals surface area contributed by atoms with Crippen LogP contribution in [0.1, 0.15) is 37.3 Å². The zero-order chi connectivity index (χ0) is 17.6. The lowest BCUT2D eigenvalue weighted by Gasteiger charge is -2.36. The van der Waals surface area contributed by atoms with Gasteiger partial charge in [-0.05, 0) is 43.7 Å². The summed E-state index contributed by atoms with van der Waals surface area (Å²) in [7, 11) is 1.62. The van der Waals surface area contributed by atoms with E-state index in [-0.39, 0.29) is 18.0 Å². The molecule has 2 heterocycles. The van der Waals surface area contributed by atoms with Gasteiger partial charge < -0.3 is 20.1 Å². The van der Waals surface area contributed by atoms with Crippen molar-refractivity contribution < 1.29 is 19.4 Å². The van der Waals surface area contributed by atoms with E-state index in [9.17, 15) is 9.59 Å². The third-order valence-electron chi connectivity index (χ3n) is 6.13. The summed E-state index contributed by atoms with van der Waals surface area (Å²) in [6.07, 6.45) is 4.79. The molecule has 1 aromatic rings. The molecule has 2 amide bonds. The fourth-order valence-corrected chi connectivity index (χ4v) is 4.34. The predicted octanol–water partition coefficient (Wildman–Crippen LogP) is 1.84. The number of urea groups is 1. The molecule has 134 valence electrons. The number of carboxylic acids is 1. The van der Waals surface area contributed by atoms with Crippen LogP contribution in [-0.2, 0) is 4.79 Å². The Morgan fingerprint density at radius 1 is 1.32 bits per heavy atom. The largest absolute Gasteiger partial charge is 0.495 e. The minimum absolute atomic E-state index is 0.0320. The van der Waals surface area contributed by atoms with Crippen molar-refractivity contribution in [1.82, 2.24) is 15.2 Å². The summed E-state index contributed by atoms with van der Waals surface area (Å²) in [4.78, 5) is 29.8. The van der Waals surface area contributed by atoms with Gasteiger partial charge in [0.05, 0.1) is 18.7 Å². The van der Waals surface area contributed by atoms with E-state index < -0.39 is 11.4 Å². The standard InChI is InChI=1S/C18H23N3O4/c1-25-12-2-3-14(19-10-12)11-4-6-21(7-5-11)17(24)20-15-9-18(16(22)23)8-13(15)18/h2-3,10-11,13,15H,4-9H2,1H3,(H,20,24)(H,22,23)/t13-,15-,18-/m1/s1. The normalized spacial score (nSPS) is 30.8. The van der Waals surface area contributed by atoms with Crippen LogP contribution in [0.2, 0.25) is 0 Å². The van der Waals surface area contributed by atoms with Crippen LogP contribution in [0.5, 0.6) is 5.75 Å². The number of fused-ring (bicyclic) bond motifs is 1. The smallest absolute Gasteiger partial charge is 0.317 e. The molecule has 3 aliphatic rings. The van der Waals surface area contributed by atoms with Crippen molar-refractivity contribution in [2.75, 3.05) is 20.2 Å². The molecule has 7 heteroatoms. The van der Waals surface area contributed by atoms with Crippen LogP contribution in [0.15, 0.2) is 18.3 Å². The van der Waals surface area contributed by atoms with E-state index in [2.05, 4.69) is 10.3 Å². The monoisotopic (exact) mass is 345 g/mol. The number of ether oxygens (including phenoxy) is 1. The number of likely N-dealkylation sites (tertiary alicyclic amines) is 1. The van der Waals surface area contributed by atoms with Crippen molar-refractivity contribution in [3.8, 4) is 5.75 Å². The summed E-state index contributed by atoms with van der Waals surface area (Å²) < 4.78 is 5.13. The number of aliphatic carboxylic acids is 1. The Kier molecular flexibility index (Phi) is 3.81. The number of nitrogens with one attached hydrogen (secondary N) is 1. The average Bonchev–Trinajstić information content (AvgIpc) is 3.26. The zero-order valence-corrected chi connectivity index (χ0v) is 14.3. The van der Waals surface area contributed by atoms with Gasteiger partial charge in [-0.3, -0.25) is 9.78 Å². The SMILES string of the molecule is COc1ccc(C2CCN(C(=O)N[C@@H]3C[C@]4(C(=O)O)C[C@H]34)CC2)nc1. The third kappa shape index (κ3) is 2.71. The molecule has 3 fully saturated rings. The van der Waals surface area contributed by atoms with E-state index in [4.69, 9.17) is 9.84 Å². The molecule has 7 nitrogen and oxygen atoms in total. The van der Waals surface area contributed by atoms with Gasteiger partial charge in [0.2, 0.25) is 0 Å². The molecular weight excluding hydrogens is 322 g/mol. The van der Waals surface area contributed by atoms with Crippen LogP contribution in [-0.4, -0.2) is 53.2 Å². The van der Waals surface area contributed by atoms with Crippen LogP contribution in [0.25, 0.3) is 0 Å². The number of hydrogen-bond acceptors (Lipinski definition) is 4. The molecule has 2 saturated carbocycles. The number of pyridine rings is 1. The van der Waals surface area contributed by atoms with Crippen molar-refractivity contribution in [3.05, 3.63) is 24.0 Å². The zero-order valence-electron chi connectivity index (χ0n) is 14.3. The first-order chi connectivity index (χ1) is 12.0.